The van der Waals surface area contributed by atoms with Gasteiger partial charge in [-0.1, -0.05) is 56.3 Å². The largest absolute Gasteiger partial charge is 0.316 e. The molecule has 0 aromatic heterocycles. The van der Waals surface area contributed by atoms with Gasteiger partial charge in [0.15, 0.2) is 0 Å². The van der Waals surface area contributed by atoms with E-state index in [0.29, 0.717) is 11.8 Å². The zero-order chi connectivity index (χ0) is 15.1. The van der Waals surface area contributed by atoms with E-state index in [9.17, 15) is 4.39 Å². The van der Waals surface area contributed by atoms with E-state index in [2.05, 4.69) is 43.4 Å². The van der Waals surface area contributed by atoms with Crippen molar-refractivity contribution in [1.82, 2.24) is 5.32 Å². The summed E-state index contributed by atoms with van der Waals surface area (Å²) < 4.78 is 13.4. The maximum Gasteiger partial charge on any atom is 0.123 e. The molecule has 1 unspecified atom stereocenters. The first-order valence-corrected chi connectivity index (χ1v) is 7.65. The number of nitrogens with one attached hydrogen (secondary N) is 1. The molecule has 0 saturated heterocycles. The minimum Gasteiger partial charge on any atom is -0.316 e. The lowest BCUT2D eigenvalue weighted by molar-refractivity contribution is 0.513. The van der Waals surface area contributed by atoms with Crippen molar-refractivity contribution in [2.75, 3.05) is 13.1 Å². The van der Waals surface area contributed by atoms with E-state index in [1.807, 2.05) is 12.1 Å². The van der Waals surface area contributed by atoms with Crippen LogP contribution in [0.15, 0.2) is 54.6 Å². The average molecular weight is 285 g/mol. The van der Waals surface area contributed by atoms with Crippen LogP contribution in [0.1, 0.15) is 30.9 Å². The molecule has 2 rings (SSSR count). The molecule has 0 aliphatic carbocycles. The highest BCUT2D eigenvalue weighted by atomic mass is 19.1. The van der Waals surface area contributed by atoms with E-state index >= 15 is 0 Å². The van der Waals surface area contributed by atoms with Crippen molar-refractivity contribution in [2.45, 2.75) is 26.2 Å². The van der Waals surface area contributed by atoms with Crippen LogP contribution in [0.25, 0.3) is 0 Å². The van der Waals surface area contributed by atoms with Gasteiger partial charge in [-0.2, -0.15) is 0 Å². The Bertz CT molecular complexity index is 536. The molecule has 2 aromatic rings. The summed E-state index contributed by atoms with van der Waals surface area (Å²) in [5, 5.41) is 3.52. The molecule has 0 fully saturated rings. The number of rotatable bonds is 7. The lowest BCUT2D eigenvalue weighted by Crippen LogP contribution is -2.26. The van der Waals surface area contributed by atoms with Crippen LogP contribution in [0.5, 0.6) is 0 Å². The Kier molecular flexibility index (Phi) is 5.94. The second kappa shape index (κ2) is 7.94. The van der Waals surface area contributed by atoms with Crippen LogP contribution in [-0.4, -0.2) is 13.1 Å². The monoisotopic (exact) mass is 285 g/mol. The number of halogens is 1. The Labute approximate surface area is 127 Å². The van der Waals surface area contributed by atoms with Gasteiger partial charge < -0.3 is 5.32 Å². The van der Waals surface area contributed by atoms with Crippen molar-refractivity contribution in [1.29, 1.82) is 0 Å². The van der Waals surface area contributed by atoms with Crippen LogP contribution >= 0.6 is 0 Å². The van der Waals surface area contributed by atoms with Gasteiger partial charge in [0.2, 0.25) is 0 Å². The maximum atomic E-state index is 13.4. The summed E-state index contributed by atoms with van der Waals surface area (Å²) in [5.74, 6) is 0.844. The van der Waals surface area contributed by atoms with Gasteiger partial charge in [-0.3, -0.25) is 0 Å². The standard InChI is InChI=1S/C19H24FN/c1-15(2)13-21-14-18(17-8-4-3-5-9-17)11-16-7-6-10-19(20)12-16/h3-10,12,15,18,21H,11,13-14H2,1-2H3. The van der Waals surface area contributed by atoms with Crippen LogP contribution in [0, 0.1) is 11.7 Å². The fraction of sp³-hybridized carbons (Fsp3) is 0.368. The number of hydrogen-bond acceptors (Lipinski definition) is 1. The second-order valence-electron chi connectivity index (χ2n) is 5.99. The smallest absolute Gasteiger partial charge is 0.123 e. The predicted octanol–water partition coefficient (Wildman–Crippen LogP) is 4.40. The van der Waals surface area contributed by atoms with Gasteiger partial charge in [-0.15, -0.1) is 0 Å². The van der Waals surface area contributed by atoms with Crippen molar-refractivity contribution in [2.24, 2.45) is 5.92 Å². The summed E-state index contributed by atoms with van der Waals surface area (Å²) in [6.45, 7) is 6.33. The Hall–Kier alpha value is -1.67. The van der Waals surface area contributed by atoms with Crippen molar-refractivity contribution >= 4 is 0 Å². The quantitative estimate of drug-likeness (QED) is 0.795. The van der Waals surface area contributed by atoms with Crippen LogP contribution in [0.2, 0.25) is 0 Å². The summed E-state index contributed by atoms with van der Waals surface area (Å²) in [6.07, 6.45) is 0.854. The van der Waals surface area contributed by atoms with Crippen LogP contribution in [0.4, 0.5) is 4.39 Å². The summed E-state index contributed by atoms with van der Waals surface area (Å²) >= 11 is 0. The molecule has 2 heteroatoms. The first-order valence-electron chi connectivity index (χ1n) is 7.65. The molecule has 0 radical (unpaired) electrons. The summed E-state index contributed by atoms with van der Waals surface area (Å²) in [7, 11) is 0. The van der Waals surface area contributed by atoms with E-state index in [1.165, 1.54) is 11.6 Å². The molecule has 1 nitrogen and oxygen atoms in total. The van der Waals surface area contributed by atoms with E-state index < -0.39 is 0 Å². The highest BCUT2D eigenvalue weighted by molar-refractivity contribution is 5.25. The SMILES string of the molecule is CC(C)CNCC(Cc1cccc(F)c1)c1ccccc1. The fourth-order valence-electron chi connectivity index (χ4n) is 2.53. The Balaban J connectivity index is 2.08. The summed E-state index contributed by atoms with van der Waals surface area (Å²) in [4.78, 5) is 0. The third-order valence-electron chi connectivity index (χ3n) is 3.59. The molecule has 1 atom stereocenters. The normalized spacial score (nSPS) is 12.6. The van der Waals surface area contributed by atoms with Gasteiger partial charge in [-0.25, -0.2) is 4.39 Å². The highest BCUT2D eigenvalue weighted by Crippen LogP contribution is 2.20. The molecule has 21 heavy (non-hydrogen) atoms. The van der Waals surface area contributed by atoms with Crippen LogP contribution < -0.4 is 5.32 Å². The zero-order valence-electron chi connectivity index (χ0n) is 12.9. The minimum atomic E-state index is -0.158. The van der Waals surface area contributed by atoms with Crippen molar-refractivity contribution in [3.8, 4) is 0 Å². The third kappa shape index (κ3) is 5.31. The number of hydrogen-bond donors (Lipinski definition) is 1. The minimum absolute atomic E-state index is 0.158. The molecule has 2 aromatic carbocycles. The molecule has 112 valence electrons. The highest BCUT2D eigenvalue weighted by Gasteiger charge is 2.12. The maximum absolute atomic E-state index is 13.4. The fourth-order valence-corrected chi connectivity index (χ4v) is 2.53. The van der Waals surface area contributed by atoms with Gasteiger partial charge in [-0.05, 0) is 42.1 Å². The Morgan fingerprint density at radius 2 is 1.71 bits per heavy atom. The lowest BCUT2D eigenvalue weighted by Gasteiger charge is -2.19. The summed E-state index contributed by atoms with van der Waals surface area (Å²) in [5.41, 5.74) is 2.35. The molecule has 0 spiro atoms. The van der Waals surface area contributed by atoms with E-state index in [4.69, 9.17) is 0 Å². The lowest BCUT2D eigenvalue weighted by atomic mass is 9.91. The van der Waals surface area contributed by atoms with E-state index in [0.717, 1.165) is 25.1 Å². The molecule has 0 heterocycles. The van der Waals surface area contributed by atoms with Crippen LogP contribution in [-0.2, 0) is 6.42 Å². The second-order valence-corrected chi connectivity index (χ2v) is 5.99. The molecule has 0 saturated carbocycles. The first kappa shape index (κ1) is 15.7. The molecule has 1 N–H and O–H groups in total. The summed E-state index contributed by atoms with van der Waals surface area (Å²) in [6, 6.07) is 17.4. The first-order chi connectivity index (χ1) is 10.1. The molecule has 0 bridgehead atoms. The molecule has 0 aliphatic rings. The van der Waals surface area contributed by atoms with Crippen LogP contribution in [0.3, 0.4) is 0 Å². The van der Waals surface area contributed by atoms with Gasteiger partial charge in [0.25, 0.3) is 0 Å². The predicted molar refractivity (Wildman–Crippen MR) is 87.0 cm³/mol. The molecular weight excluding hydrogens is 261 g/mol. The topological polar surface area (TPSA) is 12.0 Å². The van der Waals surface area contributed by atoms with Gasteiger partial charge in [0.1, 0.15) is 5.82 Å². The number of benzene rings is 2. The average Bonchev–Trinajstić information content (AvgIpc) is 2.47. The van der Waals surface area contributed by atoms with Crippen molar-refractivity contribution in [3.05, 3.63) is 71.5 Å². The van der Waals surface area contributed by atoms with Crippen molar-refractivity contribution in [3.63, 3.8) is 0 Å². The van der Waals surface area contributed by atoms with Gasteiger partial charge in [0.05, 0.1) is 0 Å². The third-order valence-corrected chi connectivity index (χ3v) is 3.59. The molecule has 0 aliphatic heterocycles. The van der Waals surface area contributed by atoms with E-state index in [-0.39, 0.29) is 5.82 Å². The molecular formula is C19H24FN. The van der Waals surface area contributed by atoms with E-state index in [1.54, 1.807) is 12.1 Å². The Morgan fingerprint density at radius 1 is 0.952 bits per heavy atom. The van der Waals surface area contributed by atoms with Gasteiger partial charge in [0, 0.05) is 12.5 Å². The molecule has 0 amide bonds. The van der Waals surface area contributed by atoms with Gasteiger partial charge >= 0.3 is 0 Å². The Morgan fingerprint density at radius 3 is 2.38 bits per heavy atom. The van der Waals surface area contributed by atoms with Crippen molar-refractivity contribution < 1.29 is 4.39 Å². The zero-order valence-corrected chi connectivity index (χ0v) is 12.9.